The molecule has 1 N–H and O–H groups in total. The van der Waals surface area contributed by atoms with Crippen LogP contribution in [0.3, 0.4) is 0 Å². The number of hydrogen-bond donors (Lipinski definition) is 1. The van der Waals surface area contributed by atoms with E-state index in [0.29, 0.717) is 20.6 Å². The fourth-order valence-electron chi connectivity index (χ4n) is 3.78. The zero-order chi connectivity index (χ0) is 23.2. The van der Waals surface area contributed by atoms with Gasteiger partial charge in [0.05, 0.1) is 21.1 Å². The molecule has 0 aromatic rings. The van der Waals surface area contributed by atoms with Crippen LogP contribution in [0.25, 0.3) is 0 Å². The number of Topliss-reactive ketones (excluding diaryl/α,β-unsaturated/α-hetero) is 1. The number of nitrogens with zero attached hydrogens (tertiary/aromatic N) is 1. The molecule has 5 nitrogen and oxygen atoms in total. The van der Waals surface area contributed by atoms with Gasteiger partial charge in [0.1, 0.15) is 6.54 Å². The minimum atomic E-state index is -1.84. The molecule has 3 atom stereocenters. The Morgan fingerprint density at radius 3 is 1.83 bits per heavy atom. The predicted octanol–water partition coefficient (Wildman–Crippen LogP) is 4.36. The van der Waals surface area contributed by atoms with Crippen molar-refractivity contribution >= 4 is 43.6 Å². The van der Waals surface area contributed by atoms with Crippen LogP contribution in [0.4, 0.5) is 0 Å². The number of unbranched alkanes of at least 4 members (excludes halogenated alkanes) is 7. The van der Waals surface area contributed by atoms with Crippen LogP contribution in [0.5, 0.6) is 0 Å². The van der Waals surface area contributed by atoms with E-state index >= 15 is 0 Å². The molecule has 0 rings (SSSR count). The van der Waals surface area contributed by atoms with E-state index in [0.717, 1.165) is 32.1 Å². The number of carboxylic acid groups (broad SMARTS) is 1. The van der Waals surface area contributed by atoms with Gasteiger partial charge in [-0.25, -0.2) is 0 Å². The van der Waals surface area contributed by atoms with Crippen LogP contribution in [0.2, 0.25) is 0 Å². The van der Waals surface area contributed by atoms with Gasteiger partial charge in [-0.3, -0.25) is 4.79 Å². The number of carbonyl (C=O) groups is 2. The largest absolute Gasteiger partial charge is 0.550 e. The van der Waals surface area contributed by atoms with Crippen LogP contribution >= 0.6 is 31.9 Å². The minimum Gasteiger partial charge on any atom is -0.550 e. The first-order valence-electron chi connectivity index (χ1n) is 11.5. The molecule has 0 saturated heterocycles. The van der Waals surface area contributed by atoms with E-state index in [4.69, 9.17) is 0 Å². The van der Waals surface area contributed by atoms with Gasteiger partial charge in [-0.1, -0.05) is 90.2 Å². The van der Waals surface area contributed by atoms with Crippen molar-refractivity contribution in [1.82, 2.24) is 0 Å². The number of alkyl halides is 2. The zero-order valence-electron chi connectivity index (χ0n) is 19.4. The van der Waals surface area contributed by atoms with Crippen LogP contribution in [0.1, 0.15) is 90.4 Å². The van der Waals surface area contributed by atoms with Crippen molar-refractivity contribution in [2.45, 2.75) is 106 Å². The number of ketones is 1. The first kappa shape index (κ1) is 30.0. The summed E-state index contributed by atoms with van der Waals surface area (Å²) in [7, 11) is 5.48. The molecule has 0 aliphatic heterocycles. The van der Waals surface area contributed by atoms with E-state index in [2.05, 4.69) is 38.8 Å². The van der Waals surface area contributed by atoms with Gasteiger partial charge in [-0.2, -0.15) is 0 Å². The normalized spacial score (nSPS) is 16.1. The summed E-state index contributed by atoms with van der Waals surface area (Å²) in [6.07, 6.45) is 12.0. The molecule has 178 valence electrons. The zero-order valence-corrected chi connectivity index (χ0v) is 22.6. The Kier molecular flexibility index (Phi) is 15.8. The second-order valence-electron chi connectivity index (χ2n) is 9.64. The number of rotatable bonds is 19. The molecule has 0 aliphatic rings. The van der Waals surface area contributed by atoms with Gasteiger partial charge in [-0.15, -0.1) is 0 Å². The highest BCUT2D eigenvalue weighted by Crippen LogP contribution is 2.26. The van der Waals surface area contributed by atoms with Crippen LogP contribution in [-0.2, 0) is 9.59 Å². The summed E-state index contributed by atoms with van der Waals surface area (Å²) >= 11 is 7.61. The molecular formula is C23H43Br2NO4. The Labute approximate surface area is 200 Å². The highest BCUT2D eigenvalue weighted by atomic mass is 79.9. The summed E-state index contributed by atoms with van der Waals surface area (Å²) in [6.45, 7) is 2.30. The molecule has 0 radical (unpaired) electrons. The van der Waals surface area contributed by atoms with E-state index in [1.807, 2.05) is 21.1 Å². The quantitative estimate of drug-likeness (QED) is 0.146. The van der Waals surface area contributed by atoms with Crippen LogP contribution in [0, 0.1) is 0 Å². The van der Waals surface area contributed by atoms with E-state index in [9.17, 15) is 19.8 Å². The van der Waals surface area contributed by atoms with Crippen molar-refractivity contribution in [3.8, 4) is 0 Å². The number of carbonyl (C=O) groups excluding carboxylic acids is 2. The fourth-order valence-corrected chi connectivity index (χ4v) is 4.96. The second-order valence-corrected chi connectivity index (χ2v) is 12.0. The first-order valence-corrected chi connectivity index (χ1v) is 13.3. The lowest BCUT2D eigenvalue weighted by Crippen LogP contribution is -2.56. The Balaban J connectivity index is 4.07. The number of quaternary nitrogens is 1. The van der Waals surface area contributed by atoms with Gasteiger partial charge in [0, 0.05) is 28.5 Å². The van der Waals surface area contributed by atoms with E-state index in [1.54, 1.807) is 0 Å². The molecule has 0 fully saturated rings. The number of halogens is 2. The number of carboxylic acids is 1. The summed E-state index contributed by atoms with van der Waals surface area (Å²) in [5.41, 5.74) is -1.84. The molecule has 0 aromatic heterocycles. The summed E-state index contributed by atoms with van der Waals surface area (Å²) in [4.78, 5) is 24.5. The maximum atomic E-state index is 12.5. The fraction of sp³-hybridized carbons (Fsp3) is 0.913. The van der Waals surface area contributed by atoms with E-state index in [-0.39, 0.29) is 18.7 Å². The summed E-state index contributed by atoms with van der Waals surface area (Å²) in [5.74, 6) is -1.77. The van der Waals surface area contributed by atoms with Crippen LogP contribution in [0.15, 0.2) is 0 Å². The van der Waals surface area contributed by atoms with Crippen molar-refractivity contribution in [3.05, 3.63) is 0 Å². The third-order valence-electron chi connectivity index (χ3n) is 5.30. The molecule has 0 heterocycles. The van der Waals surface area contributed by atoms with Crippen molar-refractivity contribution in [2.24, 2.45) is 0 Å². The molecule has 0 spiro atoms. The van der Waals surface area contributed by atoms with Gasteiger partial charge in [0.25, 0.3) is 0 Å². The standard InChI is InChI=1S/C23H43Br2NO4/c1-5-6-7-11-14-19(24)20(25)15-12-9-8-10-13-16-21(27)23(30,17-22(28)29)18-26(2,3)4/h19-20,30H,5-18H2,1-4H3. The molecular weight excluding hydrogens is 514 g/mol. The summed E-state index contributed by atoms with van der Waals surface area (Å²) in [5, 5.41) is 21.6. The highest BCUT2D eigenvalue weighted by molar-refractivity contribution is 9.12. The van der Waals surface area contributed by atoms with E-state index in [1.165, 1.54) is 32.1 Å². The molecule has 30 heavy (non-hydrogen) atoms. The molecule has 0 bridgehead atoms. The molecule has 0 aromatic carbocycles. The smallest absolute Gasteiger partial charge is 0.177 e. The molecule has 0 amide bonds. The third-order valence-corrected chi connectivity index (χ3v) is 8.20. The molecule has 0 aliphatic carbocycles. The Morgan fingerprint density at radius 1 is 0.900 bits per heavy atom. The number of aliphatic hydroxyl groups is 1. The Hall–Kier alpha value is 0.0200. The SMILES string of the molecule is CCCCCCC(Br)C(Br)CCCCCCCC(=O)C(O)(CC(=O)[O-])C[N+](C)(C)C. The summed E-state index contributed by atoms with van der Waals surface area (Å²) < 4.78 is 0.316. The maximum absolute atomic E-state index is 12.5. The predicted molar refractivity (Wildman–Crippen MR) is 129 cm³/mol. The average molecular weight is 557 g/mol. The first-order chi connectivity index (χ1) is 13.9. The Bertz CT molecular complexity index is 496. The molecule has 0 saturated carbocycles. The van der Waals surface area contributed by atoms with Gasteiger partial charge in [-0.05, 0) is 19.3 Å². The number of hydrogen-bond acceptors (Lipinski definition) is 4. The third kappa shape index (κ3) is 14.9. The van der Waals surface area contributed by atoms with Gasteiger partial charge < -0.3 is 19.5 Å². The van der Waals surface area contributed by atoms with Gasteiger partial charge in [0.2, 0.25) is 0 Å². The lowest BCUT2D eigenvalue weighted by molar-refractivity contribution is -0.875. The maximum Gasteiger partial charge on any atom is 0.177 e. The molecule has 7 heteroatoms. The number of aliphatic carboxylic acids is 1. The van der Waals surface area contributed by atoms with Crippen LogP contribution in [-0.4, -0.2) is 64.3 Å². The van der Waals surface area contributed by atoms with Crippen molar-refractivity contribution in [1.29, 1.82) is 0 Å². The average Bonchev–Trinajstić information content (AvgIpc) is 2.61. The monoisotopic (exact) mass is 555 g/mol. The van der Waals surface area contributed by atoms with Crippen molar-refractivity contribution in [2.75, 3.05) is 27.7 Å². The number of likely N-dealkylation sites (N-methyl/N-ethyl adjacent to an activating group) is 1. The molecule has 3 unspecified atom stereocenters. The Morgan fingerprint density at radius 2 is 1.37 bits per heavy atom. The topological polar surface area (TPSA) is 77.4 Å². The van der Waals surface area contributed by atoms with Crippen molar-refractivity contribution in [3.63, 3.8) is 0 Å². The lowest BCUT2D eigenvalue weighted by atomic mass is 9.89. The van der Waals surface area contributed by atoms with Gasteiger partial charge >= 0.3 is 0 Å². The van der Waals surface area contributed by atoms with Crippen molar-refractivity contribution < 1.29 is 24.3 Å². The summed E-state index contributed by atoms with van der Waals surface area (Å²) in [6, 6.07) is 0. The lowest BCUT2D eigenvalue weighted by Gasteiger charge is -2.34. The highest BCUT2D eigenvalue weighted by Gasteiger charge is 2.40. The van der Waals surface area contributed by atoms with E-state index < -0.39 is 18.0 Å². The van der Waals surface area contributed by atoms with Gasteiger partial charge in [0.15, 0.2) is 11.4 Å². The minimum absolute atomic E-state index is 0.0681. The second kappa shape index (κ2) is 15.8. The van der Waals surface area contributed by atoms with Crippen LogP contribution < -0.4 is 5.11 Å².